The molecule has 110 valence electrons. The van der Waals surface area contributed by atoms with Crippen LogP contribution in [-0.4, -0.2) is 44.7 Å². The highest BCUT2D eigenvalue weighted by molar-refractivity contribution is 6.34. The molecule has 1 saturated carbocycles. The predicted octanol–water partition coefficient (Wildman–Crippen LogP) is 2.88. The van der Waals surface area contributed by atoms with Crippen molar-refractivity contribution in [3.05, 3.63) is 28.8 Å². The standard InChI is InChI=1S/C15H21ClN2O2/c1-18(2)15(19)12-8-11(6-7-13(12)16)17-14(9-20-3)10-4-5-10/h6-8,10,14,17H,4-5,9H2,1-3H3. The number of hydrogen-bond donors (Lipinski definition) is 1. The summed E-state index contributed by atoms with van der Waals surface area (Å²) in [5.74, 6) is 0.576. The van der Waals surface area contributed by atoms with Gasteiger partial charge in [-0.3, -0.25) is 4.79 Å². The first-order chi connectivity index (χ1) is 9.52. The lowest BCUT2D eigenvalue weighted by Gasteiger charge is -2.20. The number of rotatable bonds is 6. The Kier molecular flexibility index (Phi) is 4.89. The molecule has 0 bridgehead atoms. The van der Waals surface area contributed by atoms with Crippen molar-refractivity contribution in [1.82, 2.24) is 4.90 Å². The minimum absolute atomic E-state index is 0.0895. The van der Waals surface area contributed by atoms with E-state index in [9.17, 15) is 4.79 Å². The van der Waals surface area contributed by atoms with Crippen LogP contribution in [0.4, 0.5) is 5.69 Å². The Bertz CT molecular complexity index is 487. The predicted molar refractivity (Wildman–Crippen MR) is 81.5 cm³/mol. The van der Waals surface area contributed by atoms with Crippen LogP contribution >= 0.6 is 11.6 Å². The van der Waals surface area contributed by atoms with Crippen LogP contribution in [0.2, 0.25) is 5.02 Å². The maximum Gasteiger partial charge on any atom is 0.254 e. The number of nitrogens with one attached hydrogen (secondary N) is 1. The summed E-state index contributed by atoms with van der Waals surface area (Å²) in [6.07, 6.45) is 2.47. The van der Waals surface area contributed by atoms with Crippen molar-refractivity contribution in [3.8, 4) is 0 Å². The van der Waals surface area contributed by atoms with Gasteiger partial charge in [-0.15, -0.1) is 0 Å². The molecule has 1 aromatic rings. The van der Waals surface area contributed by atoms with Gasteiger partial charge in [0.05, 0.1) is 23.2 Å². The van der Waals surface area contributed by atoms with Crippen molar-refractivity contribution >= 4 is 23.2 Å². The lowest BCUT2D eigenvalue weighted by atomic mass is 10.1. The van der Waals surface area contributed by atoms with E-state index >= 15 is 0 Å². The quantitative estimate of drug-likeness (QED) is 0.877. The van der Waals surface area contributed by atoms with Crippen LogP contribution in [0.5, 0.6) is 0 Å². The first-order valence-electron chi connectivity index (χ1n) is 6.79. The van der Waals surface area contributed by atoms with E-state index in [0.29, 0.717) is 29.2 Å². The number of carbonyl (C=O) groups is 1. The van der Waals surface area contributed by atoms with Gasteiger partial charge in [0.25, 0.3) is 5.91 Å². The summed E-state index contributed by atoms with van der Waals surface area (Å²) in [5, 5.41) is 3.92. The second kappa shape index (κ2) is 6.46. The fraction of sp³-hybridized carbons (Fsp3) is 0.533. The van der Waals surface area contributed by atoms with E-state index in [4.69, 9.17) is 16.3 Å². The molecule has 2 rings (SSSR count). The zero-order valence-corrected chi connectivity index (χ0v) is 12.9. The van der Waals surface area contributed by atoms with E-state index < -0.39 is 0 Å². The van der Waals surface area contributed by atoms with Crippen LogP contribution in [0.1, 0.15) is 23.2 Å². The molecule has 0 aromatic heterocycles. The van der Waals surface area contributed by atoms with Crippen LogP contribution in [0.15, 0.2) is 18.2 Å². The molecular weight excluding hydrogens is 276 g/mol. The fourth-order valence-corrected chi connectivity index (χ4v) is 2.41. The monoisotopic (exact) mass is 296 g/mol. The van der Waals surface area contributed by atoms with Gasteiger partial charge in [-0.25, -0.2) is 0 Å². The summed E-state index contributed by atoms with van der Waals surface area (Å²) < 4.78 is 5.25. The zero-order chi connectivity index (χ0) is 14.7. The highest BCUT2D eigenvalue weighted by Gasteiger charge is 2.31. The van der Waals surface area contributed by atoms with Crippen molar-refractivity contribution in [2.24, 2.45) is 5.92 Å². The minimum atomic E-state index is -0.0895. The van der Waals surface area contributed by atoms with E-state index in [1.807, 2.05) is 12.1 Å². The van der Waals surface area contributed by atoms with Gasteiger partial charge in [0, 0.05) is 26.9 Å². The summed E-state index contributed by atoms with van der Waals surface area (Å²) in [5.41, 5.74) is 1.43. The van der Waals surface area contributed by atoms with Gasteiger partial charge < -0.3 is 15.0 Å². The SMILES string of the molecule is COCC(Nc1ccc(Cl)c(C(=O)N(C)C)c1)C1CC1. The highest BCUT2D eigenvalue weighted by Crippen LogP contribution is 2.34. The average molecular weight is 297 g/mol. The van der Waals surface area contributed by atoms with Gasteiger partial charge in [0.1, 0.15) is 0 Å². The molecule has 0 radical (unpaired) electrons. The normalized spacial score (nSPS) is 15.8. The molecule has 0 spiro atoms. The summed E-state index contributed by atoms with van der Waals surface area (Å²) in [6.45, 7) is 0.671. The number of hydrogen-bond acceptors (Lipinski definition) is 3. The van der Waals surface area contributed by atoms with E-state index in [1.54, 1.807) is 27.3 Å². The molecule has 1 aliphatic carbocycles. The fourth-order valence-electron chi connectivity index (χ4n) is 2.21. The summed E-state index contributed by atoms with van der Waals surface area (Å²) in [7, 11) is 5.15. The molecule has 1 atom stereocenters. The molecule has 0 saturated heterocycles. The van der Waals surface area contributed by atoms with Crippen LogP contribution in [-0.2, 0) is 4.74 Å². The zero-order valence-electron chi connectivity index (χ0n) is 12.1. The van der Waals surface area contributed by atoms with Crippen molar-refractivity contribution in [2.75, 3.05) is 33.1 Å². The Morgan fingerprint density at radius 3 is 2.75 bits per heavy atom. The van der Waals surface area contributed by atoms with E-state index in [-0.39, 0.29) is 5.91 Å². The lowest BCUT2D eigenvalue weighted by molar-refractivity contribution is 0.0828. The number of anilines is 1. The molecule has 1 fully saturated rings. The number of halogens is 1. The van der Waals surface area contributed by atoms with Gasteiger partial charge in [0.15, 0.2) is 0 Å². The molecule has 1 unspecified atom stereocenters. The largest absolute Gasteiger partial charge is 0.383 e. The smallest absolute Gasteiger partial charge is 0.254 e. The lowest BCUT2D eigenvalue weighted by Crippen LogP contribution is -2.27. The number of methoxy groups -OCH3 is 1. The van der Waals surface area contributed by atoms with Crippen LogP contribution < -0.4 is 5.32 Å². The van der Waals surface area contributed by atoms with Gasteiger partial charge >= 0.3 is 0 Å². The molecule has 1 aromatic carbocycles. The van der Waals surface area contributed by atoms with Crippen LogP contribution in [0.3, 0.4) is 0 Å². The van der Waals surface area contributed by atoms with Crippen molar-refractivity contribution < 1.29 is 9.53 Å². The van der Waals surface area contributed by atoms with Crippen LogP contribution in [0, 0.1) is 5.92 Å². The van der Waals surface area contributed by atoms with Gasteiger partial charge in [-0.1, -0.05) is 11.6 Å². The second-order valence-electron chi connectivity index (χ2n) is 5.44. The van der Waals surface area contributed by atoms with Gasteiger partial charge in [0.2, 0.25) is 0 Å². The van der Waals surface area contributed by atoms with Crippen molar-refractivity contribution in [3.63, 3.8) is 0 Å². The third-order valence-corrected chi connectivity index (χ3v) is 3.82. The molecule has 20 heavy (non-hydrogen) atoms. The molecular formula is C15H21ClN2O2. The maximum atomic E-state index is 12.1. The van der Waals surface area contributed by atoms with Crippen LogP contribution in [0.25, 0.3) is 0 Å². The summed E-state index contributed by atoms with van der Waals surface area (Å²) >= 11 is 6.11. The van der Waals surface area contributed by atoms with E-state index in [2.05, 4.69) is 5.32 Å². The van der Waals surface area contributed by atoms with Crippen molar-refractivity contribution in [1.29, 1.82) is 0 Å². The first kappa shape index (κ1) is 15.1. The van der Waals surface area contributed by atoms with Gasteiger partial charge in [-0.2, -0.15) is 0 Å². The number of amides is 1. The van der Waals surface area contributed by atoms with E-state index in [1.165, 1.54) is 17.7 Å². The molecule has 0 heterocycles. The maximum absolute atomic E-state index is 12.1. The Labute approximate surface area is 125 Å². The van der Waals surface area contributed by atoms with E-state index in [0.717, 1.165) is 5.69 Å². The molecule has 0 aliphatic heterocycles. The molecule has 4 nitrogen and oxygen atoms in total. The average Bonchev–Trinajstić information content (AvgIpc) is 3.23. The number of ether oxygens (including phenoxy) is 1. The van der Waals surface area contributed by atoms with Crippen molar-refractivity contribution in [2.45, 2.75) is 18.9 Å². The summed E-state index contributed by atoms with van der Waals surface area (Å²) in [6, 6.07) is 5.77. The number of benzene rings is 1. The van der Waals surface area contributed by atoms with Gasteiger partial charge in [-0.05, 0) is 37.0 Å². The number of carbonyl (C=O) groups excluding carboxylic acids is 1. The Morgan fingerprint density at radius 2 is 2.20 bits per heavy atom. The molecule has 1 aliphatic rings. The molecule has 5 heteroatoms. The minimum Gasteiger partial charge on any atom is -0.383 e. The first-order valence-corrected chi connectivity index (χ1v) is 7.17. The Balaban J connectivity index is 2.15. The Hall–Kier alpha value is -1.26. The topological polar surface area (TPSA) is 41.6 Å². The Morgan fingerprint density at radius 1 is 1.50 bits per heavy atom. The molecule has 1 N–H and O–H groups in total. The summed E-state index contributed by atoms with van der Waals surface area (Å²) in [4.78, 5) is 13.6. The highest BCUT2D eigenvalue weighted by atomic mass is 35.5. The third-order valence-electron chi connectivity index (χ3n) is 3.49. The number of nitrogens with zero attached hydrogens (tertiary/aromatic N) is 1. The molecule has 1 amide bonds. The third kappa shape index (κ3) is 3.64. The second-order valence-corrected chi connectivity index (χ2v) is 5.85.